The summed E-state index contributed by atoms with van der Waals surface area (Å²) in [6.07, 6.45) is 0.394. The zero-order chi connectivity index (χ0) is 7.84. The normalized spacial score (nSPS) is 20.9. The van der Waals surface area contributed by atoms with Gasteiger partial charge in [-0.25, -0.2) is 0 Å². The lowest BCUT2D eigenvalue weighted by Gasteiger charge is -1.98. The zero-order valence-electron chi connectivity index (χ0n) is 6.26. The van der Waals surface area contributed by atoms with Crippen LogP contribution in [0.25, 0.3) is 0 Å². The number of ether oxygens (including phenoxy) is 1. The highest BCUT2D eigenvalue weighted by atomic mass is 31.1. The molecule has 1 atom stereocenters. The average molecular weight is 166 g/mol. The largest absolute Gasteiger partial charge is 0.485 e. The standard InChI is InChI=1S/C7H8BO2P/c8-5-2-1-3-6-7(5)11(9)4-10-6/h1-3,11H,4,8H2. The van der Waals surface area contributed by atoms with Gasteiger partial charge in [0.05, 0.1) is 0 Å². The molecule has 4 heteroatoms. The molecule has 56 valence electrons. The van der Waals surface area contributed by atoms with Gasteiger partial charge >= 0.3 is 0 Å². The van der Waals surface area contributed by atoms with Crippen LogP contribution in [-0.4, -0.2) is 14.2 Å². The monoisotopic (exact) mass is 166 g/mol. The molecule has 0 N–H and O–H groups in total. The molecule has 0 saturated carbocycles. The number of benzene rings is 1. The predicted octanol–water partition coefficient (Wildman–Crippen LogP) is -0.520. The van der Waals surface area contributed by atoms with Crippen LogP contribution in [0.2, 0.25) is 0 Å². The molecule has 1 heterocycles. The molecule has 0 spiro atoms. The van der Waals surface area contributed by atoms with E-state index >= 15 is 0 Å². The molecule has 1 unspecified atom stereocenters. The van der Waals surface area contributed by atoms with Crippen molar-refractivity contribution in [2.24, 2.45) is 0 Å². The Morgan fingerprint density at radius 1 is 1.55 bits per heavy atom. The van der Waals surface area contributed by atoms with Crippen molar-refractivity contribution in [3.63, 3.8) is 0 Å². The van der Waals surface area contributed by atoms with E-state index in [4.69, 9.17) is 4.74 Å². The maximum Gasteiger partial charge on any atom is 0.142 e. The molecule has 0 fully saturated rings. The van der Waals surface area contributed by atoms with Gasteiger partial charge in [-0.1, -0.05) is 17.6 Å². The molecular formula is C7H8BO2P. The number of rotatable bonds is 0. The highest BCUT2D eigenvalue weighted by molar-refractivity contribution is 7.54. The van der Waals surface area contributed by atoms with Crippen molar-refractivity contribution in [1.82, 2.24) is 0 Å². The summed E-state index contributed by atoms with van der Waals surface area (Å²) in [6.45, 7) is 0. The van der Waals surface area contributed by atoms with Crippen LogP contribution in [0.1, 0.15) is 0 Å². The smallest absolute Gasteiger partial charge is 0.142 e. The fourth-order valence-electron chi connectivity index (χ4n) is 1.33. The predicted molar refractivity (Wildman–Crippen MR) is 48.8 cm³/mol. The van der Waals surface area contributed by atoms with Gasteiger partial charge < -0.3 is 9.30 Å². The van der Waals surface area contributed by atoms with Crippen LogP contribution >= 0.6 is 7.80 Å². The summed E-state index contributed by atoms with van der Waals surface area (Å²) < 4.78 is 16.6. The van der Waals surface area contributed by atoms with Crippen LogP contribution < -0.4 is 15.5 Å². The van der Waals surface area contributed by atoms with E-state index in [1.807, 2.05) is 26.0 Å². The van der Waals surface area contributed by atoms with Crippen LogP contribution in [0, 0.1) is 0 Å². The molecule has 0 aliphatic carbocycles. The van der Waals surface area contributed by atoms with Gasteiger partial charge in [0.1, 0.15) is 27.7 Å². The van der Waals surface area contributed by atoms with E-state index in [0.717, 1.165) is 16.5 Å². The third-order valence-electron chi connectivity index (χ3n) is 1.87. The molecule has 0 bridgehead atoms. The fourth-order valence-corrected chi connectivity index (χ4v) is 2.72. The Morgan fingerprint density at radius 2 is 2.36 bits per heavy atom. The molecule has 0 saturated heterocycles. The van der Waals surface area contributed by atoms with Gasteiger partial charge in [0.2, 0.25) is 0 Å². The highest BCUT2D eigenvalue weighted by Gasteiger charge is 2.20. The third kappa shape index (κ3) is 1.00. The second-order valence-electron chi connectivity index (χ2n) is 2.66. The third-order valence-corrected chi connectivity index (χ3v) is 3.48. The number of hydrogen-bond acceptors (Lipinski definition) is 2. The molecule has 1 aliphatic heterocycles. The van der Waals surface area contributed by atoms with Crippen molar-refractivity contribution in [2.45, 2.75) is 0 Å². The molecule has 1 aromatic carbocycles. The van der Waals surface area contributed by atoms with Crippen molar-refractivity contribution >= 4 is 26.4 Å². The van der Waals surface area contributed by atoms with E-state index in [9.17, 15) is 4.57 Å². The number of fused-ring (bicyclic) bond motifs is 1. The van der Waals surface area contributed by atoms with Crippen LogP contribution in [0.15, 0.2) is 18.2 Å². The molecule has 0 aromatic heterocycles. The van der Waals surface area contributed by atoms with Gasteiger partial charge in [0.25, 0.3) is 0 Å². The van der Waals surface area contributed by atoms with Crippen molar-refractivity contribution in [3.8, 4) is 5.75 Å². The Labute approximate surface area is 66.8 Å². The summed E-state index contributed by atoms with van der Waals surface area (Å²) in [6, 6.07) is 5.77. The van der Waals surface area contributed by atoms with E-state index < -0.39 is 7.80 Å². The first kappa shape index (κ1) is 6.99. The Bertz CT molecular complexity index is 324. The minimum Gasteiger partial charge on any atom is -0.485 e. The molecule has 11 heavy (non-hydrogen) atoms. The second kappa shape index (κ2) is 2.42. The fraction of sp³-hybridized carbons (Fsp3) is 0.143. The Balaban J connectivity index is 2.68. The minimum absolute atomic E-state index is 0.394. The lowest BCUT2D eigenvalue weighted by molar-refractivity contribution is 0.397. The van der Waals surface area contributed by atoms with Crippen LogP contribution in [0.3, 0.4) is 0 Å². The summed E-state index contributed by atoms with van der Waals surface area (Å²) in [5.74, 6) is 0.814. The molecular weight excluding hydrogens is 158 g/mol. The topological polar surface area (TPSA) is 26.3 Å². The first-order chi connectivity index (χ1) is 5.29. The lowest BCUT2D eigenvalue weighted by Crippen LogP contribution is -2.19. The van der Waals surface area contributed by atoms with E-state index in [0.29, 0.717) is 6.35 Å². The molecule has 0 amide bonds. The molecule has 2 nitrogen and oxygen atoms in total. The first-order valence-corrected chi connectivity index (χ1v) is 5.16. The second-order valence-corrected chi connectivity index (χ2v) is 4.29. The van der Waals surface area contributed by atoms with Crippen molar-refractivity contribution in [3.05, 3.63) is 18.2 Å². The van der Waals surface area contributed by atoms with Gasteiger partial charge in [-0.2, -0.15) is 0 Å². The molecule has 1 aliphatic rings. The number of hydrogen-bond donors (Lipinski definition) is 0. The van der Waals surface area contributed by atoms with Gasteiger partial charge in [-0.15, -0.1) is 0 Å². The Morgan fingerprint density at radius 3 is 3.09 bits per heavy atom. The molecule has 2 rings (SSSR count). The first-order valence-electron chi connectivity index (χ1n) is 3.54. The van der Waals surface area contributed by atoms with Crippen LogP contribution in [-0.2, 0) is 4.57 Å². The summed E-state index contributed by atoms with van der Waals surface area (Å²) in [7, 11) is 0.352. The Kier molecular flexibility index (Phi) is 1.54. The van der Waals surface area contributed by atoms with Gasteiger partial charge in [-0.3, -0.25) is 0 Å². The summed E-state index contributed by atoms with van der Waals surface area (Å²) in [5.41, 5.74) is 1.09. The van der Waals surface area contributed by atoms with E-state index in [1.165, 1.54) is 0 Å². The summed E-state index contributed by atoms with van der Waals surface area (Å²) in [4.78, 5) is 0. The summed E-state index contributed by atoms with van der Waals surface area (Å²) >= 11 is 0. The van der Waals surface area contributed by atoms with Crippen molar-refractivity contribution in [1.29, 1.82) is 0 Å². The van der Waals surface area contributed by atoms with Gasteiger partial charge in [0.15, 0.2) is 0 Å². The lowest BCUT2D eigenvalue weighted by atomic mass is 9.96. The Hall–Kier alpha value is -0.685. The van der Waals surface area contributed by atoms with Gasteiger partial charge in [-0.05, 0) is 6.07 Å². The maximum atomic E-state index is 11.3. The highest BCUT2D eigenvalue weighted by Crippen LogP contribution is 2.31. The minimum atomic E-state index is -1.62. The van der Waals surface area contributed by atoms with Gasteiger partial charge in [0, 0.05) is 5.30 Å². The van der Waals surface area contributed by atoms with E-state index in [1.54, 1.807) is 0 Å². The van der Waals surface area contributed by atoms with E-state index in [2.05, 4.69) is 0 Å². The SMILES string of the molecule is Bc1cccc2c1[PH](=O)CO2. The average Bonchev–Trinajstić information content (AvgIpc) is 2.34. The van der Waals surface area contributed by atoms with Crippen LogP contribution in [0.4, 0.5) is 0 Å². The molecule has 1 aromatic rings. The van der Waals surface area contributed by atoms with E-state index in [-0.39, 0.29) is 0 Å². The van der Waals surface area contributed by atoms with Crippen molar-refractivity contribution in [2.75, 3.05) is 6.35 Å². The van der Waals surface area contributed by atoms with Crippen molar-refractivity contribution < 1.29 is 9.30 Å². The molecule has 0 radical (unpaired) electrons. The zero-order valence-corrected chi connectivity index (χ0v) is 7.26. The maximum absolute atomic E-state index is 11.3. The summed E-state index contributed by atoms with van der Waals surface area (Å²) in [5, 5.41) is 0.942. The quantitative estimate of drug-likeness (QED) is 0.382. The van der Waals surface area contributed by atoms with Crippen LogP contribution in [0.5, 0.6) is 5.75 Å².